The maximum absolute atomic E-state index is 14.3. The van der Waals surface area contributed by atoms with E-state index in [1.165, 1.54) is 0 Å². The summed E-state index contributed by atoms with van der Waals surface area (Å²) < 4.78 is 34.9. The van der Waals surface area contributed by atoms with Crippen LogP contribution in [0.25, 0.3) is 11.4 Å². The van der Waals surface area contributed by atoms with E-state index in [-0.39, 0.29) is 37.2 Å². The van der Waals surface area contributed by atoms with Gasteiger partial charge < -0.3 is 39.0 Å². The van der Waals surface area contributed by atoms with Crippen molar-refractivity contribution in [3.05, 3.63) is 77.5 Å². The molecule has 0 spiro atoms. The van der Waals surface area contributed by atoms with Crippen LogP contribution in [-0.2, 0) is 40.3 Å². The number of piperazine rings is 1. The van der Waals surface area contributed by atoms with Crippen molar-refractivity contribution in [2.45, 2.75) is 64.1 Å². The van der Waals surface area contributed by atoms with Gasteiger partial charge in [0, 0.05) is 64.4 Å². The average molecular weight is 764 g/mol. The zero-order chi connectivity index (χ0) is 38.5. The third-order valence-corrected chi connectivity index (χ3v) is 10.4. The van der Waals surface area contributed by atoms with Gasteiger partial charge in [0.2, 0.25) is 5.91 Å². The largest absolute Gasteiger partial charge is 0.449 e. The maximum Gasteiger partial charge on any atom is 0.409 e. The molecule has 3 heterocycles. The molecule has 3 amide bonds. The molecule has 290 valence electrons. The van der Waals surface area contributed by atoms with Crippen molar-refractivity contribution in [3.8, 4) is 11.4 Å². The minimum Gasteiger partial charge on any atom is -0.449 e. The Kier molecular flexibility index (Phi) is 14.9. The van der Waals surface area contributed by atoms with Crippen LogP contribution in [0.15, 0.2) is 60.7 Å². The van der Waals surface area contributed by atoms with Crippen molar-refractivity contribution in [2.75, 3.05) is 71.1 Å². The number of unbranched alkanes of at least 4 members (excludes halogenated alkanes) is 1. The molecule has 5 rings (SSSR count). The number of methoxy groups -OCH3 is 1. The van der Waals surface area contributed by atoms with E-state index < -0.39 is 32.0 Å². The van der Waals surface area contributed by atoms with E-state index in [4.69, 9.17) is 23.9 Å². The van der Waals surface area contributed by atoms with Gasteiger partial charge in [0.05, 0.1) is 31.5 Å². The highest BCUT2D eigenvalue weighted by atomic mass is 31.1. The first-order chi connectivity index (χ1) is 26.2. The summed E-state index contributed by atoms with van der Waals surface area (Å²) in [5.74, 6) is 0.182. The highest BCUT2D eigenvalue weighted by Gasteiger charge is 2.44. The Morgan fingerprint density at radius 3 is 2.22 bits per heavy atom. The van der Waals surface area contributed by atoms with Crippen molar-refractivity contribution < 1.29 is 37.9 Å². The summed E-state index contributed by atoms with van der Waals surface area (Å²) in [4.78, 5) is 55.9. The molecule has 2 aliphatic heterocycles. The summed E-state index contributed by atoms with van der Waals surface area (Å²) >= 11 is 0. The SMILES string of the molecule is CCCCOC(=O)N1CCN(C(=O)C(Cc2ccc(C(OCC)(OCC)[PH+]=O)cc2)NC(=O)c2cc(N3CCC(OC)C3)nc(-c3ccccc3)n2)CC1. The van der Waals surface area contributed by atoms with Crippen LogP contribution < -0.4 is 10.2 Å². The van der Waals surface area contributed by atoms with Crippen molar-refractivity contribution >= 4 is 32.2 Å². The second-order valence-corrected chi connectivity index (χ2v) is 14.0. The molecular weight excluding hydrogens is 711 g/mol. The molecule has 1 N–H and O–H groups in total. The molecule has 0 radical (unpaired) electrons. The van der Waals surface area contributed by atoms with Crippen LogP contribution in [-0.4, -0.2) is 116 Å². The Balaban J connectivity index is 1.41. The molecule has 0 aliphatic carbocycles. The zero-order valence-corrected chi connectivity index (χ0v) is 32.6. The number of ether oxygens (including phenoxy) is 4. The summed E-state index contributed by atoms with van der Waals surface area (Å²) in [6.45, 7) is 9.12. The van der Waals surface area contributed by atoms with Gasteiger partial charge in [0.25, 0.3) is 5.91 Å². The van der Waals surface area contributed by atoms with E-state index in [1.807, 2.05) is 49.4 Å². The van der Waals surface area contributed by atoms with Crippen LogP contribution in [0.4, 0.5) is 10.6 Å². The van der Waals surface area contributed by atoms with E-state index in [9.17, 15) is 18.9 Å². The van der Waals surface area contributed by atoms with Gasteiger partial charge in [-0.15, -0.1) is 0 Å². The summed E-state index contributed by atoms with van der Waals surface area (Å²) in [5, 5.41) is 2.99. The lowest BCUT2D eigenvalue weighted by molar-refractivity contribution is -0.176. The molecule has 2 aliphatic rings. The highest BCUT2D eigenvalue weighted by Crippen LogP contribution is 2.38. The number of amides is 3. The Morgan fingerprint density at radius 2 is 1.61 bits per heavy atom. The van der Waals surface area contributed by atoms with Gasteiger partial charge in [-0.3, -0.25) is 9.59 Å². The number of anilines is 1. The first-order valence-corrected chi connectivity index (χ1v) is 19.6. The van der Waals surface area contributed by atoms with Gasteiger partial charge in [-0.05, 0) is 44.4 Å². The minimum absolute atomic E-state index is 0.0470. The number of carbonyl (C=O) groups excluding carboxylic acids is 3. The molecule has 0 bridgehead atoms. The van der Waals surface area contributed by atoms with Crippen LogP contribution in [0.5, 0.6) is 0 Å². The van der Waals surface area contributed by atoms with E-state index in [0.717, 1.165) is 30.4 Å². The Labute approximate surface area is 318 Å². The quantitative estimate of drug-likeness (QED) is 0.112. The molecule has 3 aromatic rings. The number of benzene rings is 2. The van der Waals surface area contributed by atoms with Gasteiger partial charge in [0.15, 0.2) is 5.82 Å². The standard InChI is InChI=1S/C39H51N6O8P/c1-5-8-24-51-38(48)44-22-20-43(21-23-44)37(47)33(25-28-14-16-30(17-15-28)39(54-49,52-6-2)53-7-3)41-36(46)32-26-34(45-19-18-31(27-45)50-4)42-35(40-32)29-12-10-9-11-13-29/h9-17,26,31,33H,5-8,18-25,27H2,1-4H3,(H,41,46)/p+1. The molecule has 3 unspecified atom stereocenters. The fourth-order valence-electron chi connectivity index (χ4n) is 6.54. The summed E-state index contributed by atoms with van der Waals surface area (Å²) in [7, 11) is 0.778. The second kappa shape index (κ2) is 19.7. The molecule has 54 heavy (non-hydrogen) atoms. The third kappa shape index (κ3) is 10.2. The van der Waals surface area contributed by atoms with Crippen molar-refractivity contribution in [2.24, 2.45) is 0 Å². The number of rotatable bonds is 17. The zero-order valence-electron chi connectivity index (χ0n) is 31.6. The number of nitrogens with one attached hydrogen (secondary N) is 1. The van der Waals surface area contributed by atoms with Crippen LogP contribution in [0.1, 0.15) is 61.6 Å². The van der Waals surface area contributed by atoms with E-state index >= 15 is 0 Å². The number of hydrogen-bond acceptors (Lipinski definition) is 11. The molecular formula is C39H52N6O8P+. The molecule has 15 heteroatoms. The highest BCUT2D eigenvalue weighted by molar-refractivity contribution is 7.24. The fourth-order valence-corrected chi connectivity index (χ4v) is 7.23. The predicted molar refractivity (Wildman–Crippen MR) is 205 cm³/mol. The maximum atomic E-state index is 14.3. The molecule has 2 fully saturated rings. The minimum atomic E-state index is -1.40. The van der Waals surface area contributed by atoms with E-state index in [0.29, 0.717) is 63.2 Å². The lowest BCUT2D eigenvalue weighted by Crippen LogP contribution is -2.56. The van der Waals surface area contributed by atoms with Crippen molar-refractivity contribution in [3.63, 3.8) is 0 Å². The van der Waals surface area contributed by atoms with Crippen LogP contribution in [0.2, 0.25) is 0 Å². The summed E-state index contributed by atoms with van der Waals surface area (Å²) in [6.07, 6.45) is 2.34. The topological polar surface area (TPSA) is 153 Å². The van der Waals surface area contributed by atoms with Crippen molar-refractivity contribution in [1.29, 1.82) is 0 Å². The smallest absolute Gasteiger partial charge is 0.409 e. The predicted octanol–water partition coefficient (Wildman–Crippen LogP) is 5.00. The lowest BCUT2D eigenvalue weighted by atomic mass is 10.0. The van der Waals surface area contributed by atoms with Crippen LogP contribution >= 0.6 is 8.46 Å². The summed E-state index contributed by atoms with van der Waals surface area (Å²) in [6, 6.07) is 17.3. The van der Waals surface area contributed by atoms with Gasteiger partial charge in [-0.1, -0.05) is 60.4 Å². The number of carbonyl (C=O) groups is 3. The number of nitrogens with zero attached hydrogens (tertiary/aromatic N) is 5. The molecule has 2 saturated heterocycles. The normalized spacial score (nSPS) is 16.7. The first kappa shape index (κ1) is 40.7. The number of aromatic nitrogens is 2. The van der Waals surface area contributed by atoms with E-state index in [2.05, 4.69) is 15.2 Å². The van der Waals surface area contributed by atoms with Gasteiger partial charge >= 0.3 is 20.1 Å². The second-order valence-electron chi connectivity index (χ2n) is 13.2. The fraction of sp³-hybridized carbons (Fsp3) is 0.513. The van der Waals surface area contributed by atoms with Crippen molar-refractivity contribution in [1.82, 2.24) is 25.1 Å². The van der Waals surface area contributed by atoms with Crippen LogP contribution in [0, 0.1) is 0 Å². The third-order valence-electron chi connectivity index (χ3n) is 9.56. The van der Waals surface area contributed by atoms with E-state index in [1.54, 1.807) is 49.0 Å². The van der Waals surface area contributed by atoms with Gasteiger partial charge in [-0.25, -0.2) is 14.8 Å². The summed E-state index contributed by atoms with van der Waals surface area (Å²) in [5.41, 5.74) is 0.813. The Hall–Kier alpha value is -4.49. The average Bonchev–Trinajstić information content (AvgIpc) is 3.70. The monoisotopic (exact) mass is 763 g/mol. The molecule has 0 saturated carbocycles. The number of hydrogen-bond donors (Lipinski definition) is 1. The Morgan fingerprint density at radius 1 is 0.926 bits per heavy atom. The molecule has 3 atom stereocenters. The van der Waals surface area contributed by atoms with Gasteiger partial charge in [0.1, 0.15) is 17.6 Å². The molecule has 1 aromatic heterocycles. The van der Waals surface area contributed by atoms with Crippen LogP contribution in [0.3, 0.4) is 0 Å². The Bertz CT molecular complexity index is 1700. The molecule has 14 nitrogen and oxygen atoms in total. The molecule has 2 aromatic carbocycles. The lowest BCUT2D eigenvalue weighted by Gasteiger charge is -2.36. The first-order valence-electron chi connectivity index (χ1n) is 18.7. The van der Waals surface area contributed by atoms with Gasteiger partial charge in [-0.2, -0.15) is 0 Å².